The predicted molar refractivity (Wildman–Crippen MR) is 56.4 cm³/mol. The van der Waals surface area contributed by atoms with Crippen LogP contribution < -0.4 is 0 Å². The first-order valence-corrected chi connectivity index (χ1v) is 5.93. The lowest BCUT2D eigenvalue weighted by Crippen LogP contribution is -2.50. The molecule has 0 unspecified atom stereocenters. The molecule has 0 radical (unpaired) electrons. The van der Waals surface area contributed by atoms with E-state index in [1.54, 1.807) is 0 Å². The quantitative estimate of drug-likeness (QED) is 0.693. The highest BCUT2D eigenvalue weighted by Crippen LogP contribution is 2.27. The minimum absolute atomic E-state index is 0.805. The van der Waals surface area contributed by atoms with Gasteiger partial charge in [0.2, 0.25) is 0 Å². The van der Waals surface area contributed by atoms with E-state index in [0.29, 0.717) is 0 Å². The van der Waals surface area contributed by atoms with Gasteiger partial charge in [-0.2, -0.15) is 5.06 Å². The summed E-state index contributed by atoms with van der Waals surface area (Å²) in [5.41, 5.74) is 0. The molecule has 0 amide bonds. The Hall–Kier alpha value is -0.120. The number of hydrogen-bond acceptors (Lipinski definition) is 3. The van der Waals surface area contributed by atoms with Gasteiger partial charge in [0.15, 0.2) is 0 Å². The Labute approximate surface area is 86.6 Å². The summed E-state index contributed by atoms with van der Waals surface area (Å²) in [5.74, 6) is 0.936. The average molecular weight is 198 g/mol. The zero-order valence-corrected chi connectivity index (χ0v) is 9.15. The summed E-state index contributed by atoms with van der Waals surface area (Å²) in [6.45, 7) is 6.12. The first-order valence-electron chi connectivity index (χ1n) is 5.93. The lowest BCUT2D eigenvalue weighted by atomic mass is 9.86. The molecule has 2 fully saturated rings. The molecule has 0 aromatic carbocycles. The van der Waals surface area contributed by atoms with E-state index in [-0.39, 0.29) is 0 Å². The predicted octanol–water partition coefficient (Wildman–Crippen LogP) is 1.57. The summed E-state index contributed by atoms with van der Waals surface area (Å²) in [4.78, 5) is 2.57. The zero-order chi connectivity index (χ0) is 9.97. The molecule has 1 saturated carbocycles. The van der Waals surface area contributed by atoms with Crippen molar-refractivity contribution in [1.29, 1.82) is 0 Å². The minimum Gasteiger partial charge on any atom is -0.314 e. The van der Waals surface area contributed by atoms with Gasteiger partial charge in [0.05, 0.1) is 0 Å². The molecule has 1 N–H and O–H groups in total. The third kappa shape index (κ3) is 2.47. The van der Waals surface area contributed by atoms with Crippen LogP contribution in [0.2, 0.25) is 0 Å². The molecule has 0 aromatic heterocycles. The van der Waals surface area contributed by atoms with Crippen molar-refractivity contribution in [2.24, 2.45) is 5.92 Å². The molecule has 1 heterocycles. The fourth-order valence-electron chi connectivity index (χ4n) is 2.68. The van der Waals surface area contributed by atoms with Crippen molar-refractivity contribution in [3.8, 4) is 0 Å². The SMILES string of the molecule is C[C@H]1CC[C@@H](N2CCN(O)CC2)CC1. The summed E-state index contributed by atoms with van der Waals surface area (Å²) in [5, 5.41) is 10.7. The molecule has 3 heteroatoms. The number of hydrogen-bond donors (Lipinski definition) is 1. The standard InChI is InChI=1S/C11H22N2O/c1-10-2-4-11(5-3-10)12-6-8-13(14)9-7-12/h10-11,14H,2-9H2,1H3/t10-,11+. The molecule has 82 valence electrons. The average Bonchev–Trinajstić information content (AvgIpc) is 2.21. The van der Waals surface area contributed by atoms with E-state index < -0.39 is 0 Å². The fraction of sp³-hybridized carbons (Fsp3) is 1.00. The maximum absolute atomic E-state index is 9.27. The van der Waals surface area contributed by atoms with Crippen molar-refractivity contribution < 1.29 is 5.21 Å². The van der Waals surface area contributed by atoms with Gasteiger partial charge >= 0.3 is 0 Å². The van der Waals surface area contributed by atoms with E-state index in [1.807, 2.05) is 0 Å². The van der Waals surface area contributed by atoms with Crippen molar-refractivity contribution in [3.63, 3.8) is 0 Å². The van der Waals surface area contributed by atoms with Gasteiger partial charge in [0.1, 0.15) is 0 Å². The third-order valence-corrected chi connectivity index (χ3v) is 3.79. The molecular weight excluding hydrogens is 176 g/mol. The Morgan fingerprint density at radius 3 is 2.07 bits per heavy atom. The van der Waals surface area contributed by atoms with Crippen molar-refractivity contribution in [1.82, 2.24) is 9.96 Å². The van der Waals surface area contributed by atoms with Gasteiger partial charge in [0.25, 0.3) is 0 Å². The highest BCUT2D eigenvalue weighted by Gasteiger charge is 2.26. The highest BCUT2D eigenvalue weighted by atomic mass is 16.5. The number of rotatable bonds is 1. The normalized spacial score (nSPS) is 37.3. The van der Waals surface area contributed by atoms with Gasteiger partial charge in [-0.3, -0.25) is 4.90 Å². The summed E-state index contributed by atoms with van der Waals surface area (Å²) in [7, 11) is 0. The van der Waals surface area contributed by atoms with Crippen molar-refractivity contribution >= 4 is 0 Å². The third-order valence-electron chi connectivity index (χ3n) is 3.79. The first kappa shape index (κ1) is 10.4. The van der Waals surface area contributed by atoms with Gasteiger partial charge in [-0.25, -0.2) is 0 Å². The molecule has 2 rings (SSSR count). The van der Waals surface area contributed by atoms with Crippen LogP contribution in [0.25, 0.3) is 0 Å². The summed E-state index contributed by atoms with van der Waals surface area (Å²) >= 11 is 0. The highest BCUT2D eigenvalue weighted by molar-refractivity contribution is 4.80. The Bertz CT molecular complexity index is 150. The summed E-state index contributed by atoms with van der Waals surface area (Å²) < 4.78 is 0. The van der Waals surface area contributed by atoms with E-state index in [4.69, 9.17) is 0 Å². The van der Waals surface area contributed by atoms with Crippen molar-refractivity contribution in [2.75, 3.05) is 26.2 Å². The fourth-order valence-corrected chi connectivity index (χ4v) is 2.68. The van der Waals surface area contributed by atoms with Crippen LogP contribution in [0, 0.1) is 5.92 Å². The molecule has 3 nitrogen and oxygen atoms in total. The summed E-state index contributed by atoms with van der Waals surface area (Å²) in [6, 6.07) is 0.805. The second kappa shape index (κ2) is 4.60. The van der Waals surface area contributed by atoms with Crippen LogP contribution in [-0.2, 0) is 0 Å². The van der Waals surface area contributed by atoms with E-state index in [0.717, 1.165) is 38.1 Å². The van der Waals surface area contributed by atoms with Gasteiger partial charge in [-0.1, -0.05) is 6.92 Å². The van der Waals surface area contributed by atoms with Gasteiger partial charge in [-0.05, 0) is 31.6 Å². The molecular formula is C11H22N2O. The number of piperazine rings is 1. The lowest BCUT2D eigenvalue weighted by molar-refractivity contribution is -0.123. The molecule has 0 spiro atoms. The molecule has 1 saturated heterocycles. The maximum atomic E-state index is 9.27. The van der Waals surface area contributed by atoms with Crippen LogP contribution in [0.4, 0.5) is 0 Å². The molecule has 1 aliphatic heterocycles. The second-order valence-electron chi connectivity index (χ2n) is 4.90. The van der Waals surface area contributed by atoms with Crippen LogP contribution in [0.15, 0.2) is 0 Å². The monoisotopic (exact) mass is 198 g/mol. The molecule has 1 aliphatic carbocycles. The van der Waals surface area contributed by atoms with Crippen LogP contribution >= 0.6 is 0 Å². The lowest BCUT2D eigenvalue weighted by Gasteiger charge is -2.40. The van der Waals surface area contributed by atoms with E-state index in [9.17, 15) is 5.21 Å². The van der Waals surface area contributed by atoms with Crippen molar-refractivity contribution in [3.05, 3.63) is 0 Å². The Balaban J connectivity index is 1.78. The number of nitrogens with zero attached hydrogens (tertiary/aromatic N) is 2. The van der Waals surface area contributed by atoms with Crippen LogP contribution in [-0.4, -0.2) is 47.4 Å². The van der Waals surface area contributed by atoms with Crippen LogP contribution in [0.5, 0.6) is 0 Å². The van der Waals surface area contributed by atoms with Gasteiger partial charge in [0, 0.05) is 32.2 Å². The molecule has 0 atom stereocenters. The molecule has 0 aromatic rings. The van der Waals surface area contributed by atoms with Gasteiger partial charge < -0.3 is 5.21 Å². The topological polar surface area (TPSA) is 26.7 Å². The first-order chi connectivity index (χ1) is 6.75. The van der Waals surface area contributed by atoms with Crippen LogP contribution in [0.3, 0.4) is 0 Å². The second-order valence-corrected chi connectivity index (χ2v) is 4.90. The smallest absolute Gasteiger partial charge is 0.0366 e. The Morgan fingerprint density at radius 2 is 1.50 bits per heavy atom. The van der Waals surface area contributed by atoms with E-state index in [1.165, 1.54) is 30.7 Å². The minimum atomic E-state index is 0.805. The summed E-state index contributed by atoms with van der Waals surface area (Å²) in [6.07, 6.45) is 5.52. The Morgan fingerprint density at radius 1 is 0.929 bits per heavy atom. The van der Waals surface area contributed by atoms with E-state index in [2.05, 4.69) is 11.8 Å². The Kier molecular flexibility index (Phi) is 3.42. The largest absolute Gasteiger partial charge is 0.314 e. The van der Waals surface area contributed by atoms with Crippen molar-refractivity contribution in [2.45, 2.75) is 38.6 Å². The van der Waals surface area contributed by atoms with Gasteiger partial charge in [-0.15, -0.1) is 0 Å². The number of hydroxylamine groups is 2. The van der Waals surface area contributed by atoms with E-state index >= 15 is 0 Å². The maximum Gasteiger partial charge on any atom is 0.0366 e. The molecule has 2 aliphatic rings. The van der Waals surface area contributed by atoms with Crippen LogP contribution in [0.1, 0.15) is 32.6 Å². The molecule has 14 heavy (non-hydrogen) atoms. The zero-order valence-electron chi connectivity index (χ0n) is 9.15. The molecule has 0 bridgehead atoms.